The van der Waals surface area contributed by atoms with Crippen molar-refractivity contribution in [2.45, 2.75) is 20.4 Å². The Kier molecular flexibility index (Phi) is 3.69. The highest BCUT2D eigenvalue weighted by molar-refractivity contribution is 5.87. The lowest BCUT2D eigenvalue weighted by Gasteiger charge is -2.15. The highest BCUT2D eigenvalue weighted by atomic mass is 16.1. The van der Waals surface area contributed by atoms with E-state index in [2.05, 4.69) is 54.1 Å². The van der Waals surface area contributed by atoms with Gasteiger partial charge >= 0.3 is 0 Å². The predicted octanol–water partition coefficient (Wildman–Crippen LogP) is 3.25. The van der Waals surface area contributed by atoms with Crippen LogP contribution in [-0.4, -0.2) is 19.3 Å². The molecule has 124 valence electrons. The Morgan fingerprint density at radius 2 is 1.92 bits per heavy atom. The second-order valence-corrected chi connectivity index (χ2v) is 6.21. The molecule has 4 aromatic rings. The monoisotopic (exact) mass is 330 g/mol. The molecule has 0 fully saturated rings. The van der Waals surface area contributed by atoms with Crippen LogP contribution in [0.2, 0.25) is 0 Å². The number of aromatic nitrogens is 4. The van der Waals surface area contributed by atoms with Gasteiger partial charge in [0, 0.05) is 24.7 Å². The molecule has 0 saturated heterocycles. The van der Waals surface area contributed by atoms with Crippen molar-refractivity contribution in [2.24, 2.45) is 0 Å². The fourth-order valence-corrected chi connectivity index (χ4v) is 3.15. The SMILES string of the molecule is Cc1ccc2c(Cn3c(=O)ccn3-c3cnccn3)c(C)ccc2c1. The van der Waals surface area contributed by atoms with E-state index in [1.807, 2.05) is 0 Å². The van der Waals surface area contributed by atoms with Crippen molar-refractivity contribution in [1.29, 1.82) is 0 Å². The molecule has 0 spiro atoms. The summed E-state index contributed by atoms with van der Waals surface area (Å²) in [5, 5.41) is 2.36. The van der Waals surface area contributed by atoms with Crippen LogP contribution >= 0.6 is 0 Å². The van der Waals surface area contributed by atoms with Crippen molar-refractivity contribution < 1.29 is 0 Å². The first kappa shape index (κ1) is 15.3. The summed E-state index contributed by atoms with van der Waals surface area (Å²) in [7, 11) is 0. The highest BCUT2D eigenvalue weighted by Gasteiger charge is 2.11. The van der Waals surface area contributed by atoms with Gasteiger partial charge in [-0.3, -0.25) is 9.78 Å². The minimum absolute atomic E-state index is 0.0610. The number of fused-ring (bicyclic) bond motifs is 1. The third kappa shape index (κ3) is 2.74. The van der Waals surface area contributed by atoms with Crippen LogP contribution in [0.15, 0.2) is 66.0 Å². The molecule has 0 saturated carbocycles. The quantitative estimate of drug-likeness (QED) is 0.579. The van der Waals surface area contributed by atoms with Crippen molar-refractivity contribution in [2.75, 3.05) is 0 Å². The molecule has 0 radical (unpaired) electrons. The van der Waals surface area contributed by atoms with Crippen molar-refractivity contribution in [3.63, 3.8) is 0 Å². The van der Waals surface area contributed by atoms with E-state index in [-0.39, 0.29) is 5.56 Å². The Balaban J connectivity index is 1.87. The maximum atomic E-state index is 12.4. The molecule has 25 heavy (non-hydrogen) atoms. The van der Waals surface area contributed by atoms with Crippen LogP contribution in [0, 0.1) is 13.8 Å². The van der Waals surface area contributed by atoms with E-state index < -0.39 is 0 Å². The summed E-state index contributed by atoms with van der Waals surface area (Å²) in [5.74, 6) is 0.623. The second kappa shape index (κ2) is 6.02. The first-order valence-corrected chi connectivity index (χ1v) is 8.17. The lowest BCUT2D eigenvalue weighted by molar-refractivity contribution is 0.577. The van der Waals surface area contributed by atoms with Gasteiger partial charge in [-0.1, -0.05) is 35.9 Å². The zero-order chi connectivity index (χ0) is 17.4. The molecular weight excluding hydrogens is 312 g/mol. The van der Waals surface area contributed by atoms with Gasteiger partial charge in [-0.15, -0.1) is 0 Å². The fraction of sp³-hybridized carbons (Fsp3) is 0.150. The molecule has 0 atom stereocenters. The number of aryl methyl sites for hydroxylation is 2. The summed E-state index contributed by atoms with van der Waals surface area (Å²) in [6.07, 6.45) is 6.62. The Labute approximate surface area is 145 Å². The molecule has 5 heteroatoms. The van der Waals surface area contributed by atoms with Crippen LogP contribution in [0.1, 0.15) is 16.7 Å². The third-order valence-electron chi connectivity index (χ3n) is 4.49. The zero-order valence-corrected chi connectivity index (χ0v) is 14.2. The van der Waals surface area contributed by atoms with Crippen molar-refractivity contribution >= 4 is 10.8 Å². The molecular formula is C20H18N4O. The molecule has 5 nitrogen and oxygen atoms in total. The molecule has 0 bridgehead atoms. The van der Waals surface area contributed by atoms with Crippen LogP contribution < -0.4 is 5.56 Å². The standard InChI is InChI=1S/C20H18N4O/c1-14-3-6-17-16(11-14)5-4-15(2)18(17)13-24-20(25)7-10-23(24)19-12-21-8-9-22-19/h3-12H,13H2,1-2H3. The average molecular weight is 330 g/mol. The average Bonchev–Trinajstić information content (AvgIpc) is 2.99. The summed E-state index contributed by atoms with van der Waals surface area (Å²) in [4.78, 5) is 20.8. The number of hydrogen-bond acceptors (Lipinski definition) is 3. The van der Waals surface area contributed by atoms with Gasteiger partial charge in [-0.05, 0) is 35.7 Å². The number of nitrogens with zero attached hydrogens (tertiary/aromatic N) is 4. The van der Waals surface area contributed by atoms with Crippen LogP contribution in [0.5, 0.6) is 0 Å². The van der Waals surface area contributed by atoms with Gasteiger partial charge in [0.1, 0.15) is 0 Å². The largest absolute Gasteiger partial charge is 0.268 e. The van der Waals surface area contributed by atoms with Gasteiger partial charge in [0.2, 0.25) is 0 Å². The van der Waals surface area contributed by atoms with Crippen LogP contribution in [0.4, 0.5) is 0 Å². The number of benzene rings is 2. The van der Waals surface area contributed by atoms with Gasteiger partial charge in [0.25, 0.3) is 5.56 Å². The molecule has 0 amide bonds. The molecule has 0 aliphatic heterocycles. The topological polar surface area (TPSA) is 52.7 Å². The van der Waals surface area contributed by atoms with E-state index >= 15 is 0 Å². The minimum atomic E-state index is -0.0610. The summed E-state index contributed by atoms with van der Waals surface area (Å²) < 4.78 is 3.44. The van der Waals surface area contributed by atoms with Crippen LogP contribution in [0.3, 0.4) is 0 Å². The smallest absolute Gasteiger partial charge is 0.267 e. The predicted molar refractivity (Wildman–Crippen MR) is 98.1 cm³/mol. The summed E-state index contributed by atoms with van der Waals surface area (Å²) >= 11 is 0. The van der Waals surface area contributed by atoms with Crippen LogP contribution in [0.25, 0.3) is 16.6 Å². The van der Waals surface area contributed by atoms with E-state index in [9.17, 15) is 4.79 Å². The molecule has 0 N–H and O–H groups in total. The van der Waals surface area contributed by atoms with Crippen molar-refractivity contribution in [3.05, 3.63) is 88.2 Å². The lowest BCUT2D eigenvalue weighted by Crippen LogP contribution is -2.23. The molecule has 4 rings (SSSR count). The summed E-state index contributed by atoms with van der Waals surface area (Å²) in [5.41, 5.74) is 3.47. The van der Waals surface area contributed by atoms with E-state index in [1.54, 1.807) is 40.2 Å². The first-order chi connectivity index (χ1) is 12.1. The minimum Gasteiger partial charge on any atom is -0.268 e. The lowest BCUT2D eigenvalue weighted by atomic mass is 9.98. The number of rotatable bonds is 3. The van der Waals surface area contributed by atoms with Gasteiger partial charge in [-0.2, -0.15) is 0 Å². The second-order valence-electron chi connectivity index (χ2n) is 6.21. The first-order valence-electron chi connectivity index (χ1n) is 8.17. The maximum absolute atomic E-state index is 12.4. The van der Waals surface area contributed by atoms with Crippen molar-refractivity contribution in [1.82, 2.24) is 19.3 Å². The van der Waals surface area contributed by atoms with E-state index in [0.29, 0.717) is 12.4 Å². The fourth-order valence-electron chi connectivity index (χ4n) is 3.15. The zero-order valence-electron chi connectivity index (χ0n) is 14.2. The maximum Gasteiger partial charge on any atom is 0.267 e. The van der Waals surface area contributed by atoms with Gasteiger partial charge in [0.15, 0.2) is 5.82 Å². The van der Waals surface area contributed by atoms with E-state index in [4.69, 9.17) is 0 Å². The van der Waals surface area contributed by atoms with E-state index in [0.717, 1.165) is 11.1 Å². The van der Waals surface area contributed by atoms with Gasteiger partial charge in [-0.25, -0.2) is 14.3 Å². The molecule has 2 aromatic heterocycles. The summed E-state index contributed by atoms with van der Waals surface area (Å²) in [6.45, 7) is 4.65. The Hall–Kier alpha value is -3.21. The highest BCUT2D eigenvalue weighted by Crippen LogP contribution is 2.24. The van der Waals surface area contributed by atoms with Gasteiger partial charge in [0.05, 0.1) is 12.7 Å². The summed E-state index contributed by atoms with van der Waals surface area (Å²) in [6, 6.07) is 12.2. The normalized spacial score (nSPS) is 11.1. The van der Waals surface area contributed by atoms with Gasteiger partial charge < -0.3 is 0 Å². The van der Waals surface area contributed by atoms with E-state index in [1.165, 1.54) is 16.3 Å². The Bertz CT molecular complexity index is 1110. The third-order valence-corrected chi connectivity index (χ3v) is 4.49. The molecule has 0 aliphatic carbocycles. The Morgan fingerprint density at radius 1 is 1.04 bits per heavy atom. The molecule has 0 aliphatic rings. The van der Waals surface area contributed by atoms with Crippen LogP contribution in [-0.2, 0) is 6.54 Å². The molecule has 2 aromatic carbocycles. The molecule has 0 unspecified atom stereocenters. The van der Waals surface area contributed by atoms with Crippen molar-refractivity contribution in [3.8, 4) is 5.82 Å². The molecule has 2 heterocycles. The number of hydrogen-bond donors (Lipinski definition) is 0. The Morgan fingerprint density at radius 3 is 2.72 bits per heavy atom.